The van der Waals surface area contributed by atoms with Crippen LogP contribution in [0.15, 0.2) is 12.3 Å². The van der Waals surface area contributed by atoms with Crippen LogP contribution < -0.4 is 5.73 Å². The van der Waals surface area contributed by atoms with Crippen LogP contribution in [0.2, 0.25) is 0 Å². The van der Waals surface area contributed by atoms with Crippen LogP contribution in [-0.2, 0) is 13.2 Å². The molecule has 0 aliphatic heterocycles. The smallest absolute Gasteiger partial charge is 0.131 e. The quantitative estimate of drug-likeness (QED) is 0.661. The first kappa shape index (κ1) is 7.21. The van der Waals surface area contributed by atoms with Crippen LogP contribution in [0.25, 0.3) is 0 Å². The Morgan fingerprint density at radius 1 is 1.70 bits per heavy atom. The van der Waals surface area contributed by atoms with Crippen LogP contribution in [0.4, 0.5) is 4.39 Å². The Hall–Kier alpha value is -0.900. The fourth-order valence-electron chi connectivity index (χ4n) is 0.797. The van der Waals surface area contributed by atoms with Crippen LogP contribution in [0, 0.1) is 0 Å². The minimum Gasteiger partial charge on any atom is -0.329 e. The van der Waals surface area contributed by atoms with Crippen LogP contribution in [-0.4, -0.2) is 16.3 Å². The van der Waals surface area contributed by atoms with Crippen LogP contribution in [0.3, 0.4) is 0 Å². The Morgan fingerprint density at radius 3 is 3.10 bits per heavy atom. The van der Waals surface area contributed by atoms with Gasteiger partial charge in [0.15, 0.2) is 0 Å². The number of aromatic nitrogens is 2. The zero-order valence-corrected chi connectivity index (χ0v) is 5.63. The van der Waals surface area contributed by atoms with Gasteiger partial charge in [-0.25, -0.2) is 4.39 Å². The van der Waals surface area contributed by atoms with Crippen molar-refractivity contribution in [3.63, 3.8) is 0 Å². The molecule has 1 aromatic rings. The lowest BCUT2D eigenvalue weighted by Crippen LogP contribution is -2.12. The van der Waals surface area contributed by atoms with Crippen molar-refractivity contribution in [3.8, 4) is 0 Å². The van der Waals surface area contributed by atoms with E-state index in [1.165, 1.54) is 0 Å². The van der Waals surface area contributed by atoms with E-state index in [1.54, 1.807) is 16.9 Å². The van der Waals surface area contributed by atoms with E-state index in [0.29, 0.717) is 18.8 Å². The van der Waals surface area contributed by atoms with Gasteiger partial charge in [0.2, 0.25) is 0 Å². The molecule has 1 aromatic heterocycles. The number of alkyl halides is 1. The maximum absolute atomic E-state index is 12.0. The highest BCUT2D eigenvalue weighted by molar-refractivity contribution is 4.98. The minimum atomic E-state index is -0.472. The molecule has 0 saturated carbocycles. The van der Waals surface area contributed by atoms with Crippen LogP contribution >= 0.6 is 0 Å². The Kier molecular flexibility index (Phi) is 2.39. The molecule has 0 aromatic carbocycles. The number of halogens is 1. The standard InChI is InChI=1S/C6H10FN3/c7-5-6-1-3-9-10(6)4-2-8/h1,3H,2,4-5,8H2. The van der Waals surface area contributed by atoms with Crippen molar-refractivity contribution in [1.82, 2.24) is 9.78 Å². The second kappa shape index (κ2) is 3.31. The maximum atomic E-state index is 12.0. The summed E-state index contributed by atoms with van der Waals surface area (Å²) in [4.78, 5) is 0. The fourth-order valence-corrected chi connectivity index (χ4v) is 0.797. The molecule has 0 bridgehead atoms. The van der Waals surface area contributed by atoms with Gasteiger partial charge in [-0.2, -0.15) is 5.10 Å². The Morgan fingerprint density at radius 2 is 2.50 bits per heavy atom. The van der Waals surface area contributed by atoms with E-state index < -0.39 is 6.67 Å². The summed E-state index contributed by atoms with van der Waals surface area (Å²) in [6.45, 7) is 0.612. The highest BCUT2D eigenvalue weighted by Gasteiger charge is 1.98. The lowest BCUT2D eigenvalue weighted by atomic mass is 10.4. The SMILES string of the molecule is NCCn1nccc1CF. The van der Waals surface area contributed by atoms with Crippen molar-refractivity contribution in [3.05, 3.63) is 18.0 Å². The maximum Gasteiger partial charge on any atom is 0.131 e. The zero-order chi connectivity index (χ0) is 7.40. The molecule has 0 radical (unpaired) electrons. The average molecular weight is 143 g/mol. The number of hydrogen-bond donors (Lipinski definition) is 1. The molecule has 4 heteroatoms. The zero-order valence-electron chi connectivity index (χ0n) is 5.63. The number of nitrogens with zero attached hydrogens (tertiary/aromatic N) is 2. The molecule has 0 atom stereocenters. The molecule has 0 unspecified atom stereocenters. The molecule has 0 fully saturated rings. The average Bonchev–Trinajstić information content (AvgIpc) is 2.36. The number of rotatable bonds is 3. The van der Waals surface area contributed by atoms with Gasteiger partial charge in [0.25, 0.3) is 0 Å². The molecule has 2 N–H and O–H groups in total. The highest BCUT2D eigenvalue weighted by Crippen LogP contribution is 1.99. The molecular weight excluding hydrogens is 133 g/mol. The summed E-state index contributed by atoms with van der Waals surface area (Å²) in [5.41, 5.74) is 5.85. The van der Waals surface area contributed by atoms with Crippen molar-refractivity contribution < 1.29 is 4.39 Å². The summed E-state index contributed by atoms with van der Waals surface area (Å²) in [5, 5.41) is 3.87. The second-order valence-corrected chi connectivity index (χ2v) is 1.97. The summed E-state index contributed by atoms with van der Waals surface area (Å²) in [6, 6.07) is 1.65. The molecule has 56 valence electrons. The molecule has 3 nitrogen and oxygen atoms in total. The van der Waals surface area contributed by atoms with Gasteiger partial charge in [-0.1, -0.05) is 0 Å². The third kappa shape index (κ3) is 1.33. The van der Waals surface area contributed by atoms with E-state index in [0.717, 1.165) is 0 Å². The van der Waals surface area contributed by atoms with Crippen molar-refractivity contribution in [1.29, 1.82) is 0 Å². The molecule has 0 aliphatic rings. The molecular formula is C6H10FN3. The van der Waals surface area contributed by atoms with Crippen molar-refractivity contribution in [2.24, 2.45) is 5.73 Å². The minimum absolute atomic E-state index is 0.472. The Labute approximate surface area is 58.6 Å². The van der Waals surface area contributed by atoms with E-state index in [1.807, 2.05) is 0 Å². The first-order valence-corrected chi connectivity index (χ1v) is 3.15. The van der Waals surface area contributed by atoms with E-state index in [-0.39, 0.29) is 0 Å². The summed E-state index contributed by atoms with van der Waals surface area (Å²) in [6.07, 6.45) is 1.57. The first-order chi connectivity index (χ1) is 4.88. The third-order valence-corrected chi connectivity index (χ3v) is 1.28. The van der Waals surface area contributed by atoms with Crippen molar-refractivity contribution in [2.75, 3.05) is 6.54 Å². The fraction of sp³-hybridized carbons (Fsp3) is 0.500. The molecule has 0 saturated heterocycles. The predicted octanol–water partition coefficient (Wildman–Crippen LogP) is 0.311. The largest absolute Gasteiger partial charge is 0.329 e. The molecule has 1 heterocycles. The predicted molar refractivity (Wildman–Crippen MR) is 36.1 cm³/mol. The highest BCUT2D eigenvalue weighted by atomic mass is 19.1. The van der Waals surface area contributed by atoms with Gasteiger partial charge in [-0.3, -0.25) is 4.68 Å². The lowest BCUT2D eigenvalue weighted by molar-refractivity contribution is 0.445. The Balaban J connectivity index is 2.70. The van der Waals surface area contributed by atoms with Gasteiger partial charge >= 0.3 is 0 Å². The normalized spacial score (nSPS) is 10.2. The van der Waals surface area contributed by atoms with E-state index in [9.17, 15) is 4.39 Å². The van der Waals surface area contributed by atoms with Gasteiger partial charge in [-0.15, -0.1) is 0 Å². The van der Waals surface area contributed by atoms with E-state index in [4.69, 9.17) is 5.73 Å². The topological polar surface area (TPSA) is 43.8 Å². The van der Waals surface area contributed by atoms with Crippen LogP contribution in [0.1, 0.15) is 5.69 Å². The van der Waals surface area contributed by atoms with Gasteiger partial charge in [-0.05, 0) is 6.07 Å². The van der Waals surface area contributed by atoms with Crippen molar-refractivity contribution in [2.45, 2.75) is 13.2 Å². The van der Waals surface area contributed by atoms with Gasteiger partial charge in [0, 0.05) is 12.7 Å². The summed E-state index contributed by atoms with van der Waals surface area (Å²) >= 11 is 0. The molecule has 0 spiro atoms. The summed E-state index contributed by atoms with van der Waals surface area (Å²) in [7, 11) is 0. The summed E-state index contributed by atoms with van der Waals surface area (Å²) < 4.78 is 13.6. The summed E-state index contributed by atoms with van der Waals surface area (Å²) in [5.74, 6) is 0. The van der Waals surface area contributed by atoms with Gasteiger partial charge in [0.1, 0.15) is 6.67 Å². The first-order valence-electron chi connectivity index (χ1n) is 3.15. The van der Waals surface area contributed by atoms with Gasteiger partial charge in [0.05, 0.1) is 12.2 Å². The molecule has 0 aliphatic carbocycles. The third-order valence-electron chi connectivity index (χ3n) is 1.28. The molecule has 0 amide bonds. The Bertz CT molecular complexity index is 197. The number of nitrogens with two attached hydrogens (primary N) is 1. The molecule has 1 rings (SSSR count). The lowest BCUT2D eigenvalue weighted by Gasteiger charge is -2.00. The van der Waals surface area contributed by atoms with E-state index in [2.05, 4.69) is 5.10 Å². The number of hydrogen-bond acceptors (Lipinski definition) is 2. The van der Waals surface area contributed by atoms with Crippen molar-refractivity contribution >= 4 is 0 Å². The monoisotopic (exact) mass is 143 g/mol. The molecule has 10 heavy (non-hydrogen) atoms. The van der Waals surface area contributed by atoms with Gasteiger partial charge < -0.3 is 5.73 Å². The van der Waals surface area contributed by atoms with Crippen LogP contribution in [0.5, 0.6) is 0 Å². The second-order valence-electron chi connectivity index (χ2n) is 1.97. The van der Waals surface area contributed by atoms with E-state index >= 15 is 0 Å².